The highest BCUT2D eigenvalue weighted by Gasteiger charge is 2.26. The van der Waals surface area contributed by atoms with E-state index in [2.05, 4.69) is 19.1 Å². The van der Waals surface area contributed by atoms with Gasteiger partial charge in [-0.05, 0) is 85.1 Å². The van der Waals surface area contributed by atoms with Crippen molar-refractivity contribution in [2.45, 2.75) is 148 Å². The molecule has 2 aliphatic rings. The molecule has 3 heteroatoms. The van der Waals surface area contributed by atoms with Gasteiger partial charge in [0.15, 0.2) is 11.6 Å². The minimum Gasteiger partial charge on any atom is -0.381 e. The maximum Gasteiger partial charge on any atom is 0.166 e. The molecule has 0 radical (unpaired) electrons. The van der Waals surface area contributed by atoms with Gasteiger partial charge in [0.1, 0.15) is 0 Å². The number of halogens is 2. The maximum atomic E-state index is 15.3. The average Bonchev–Trinajstić information content (AvgIpc) is 3.84. The lowest BCUT2D eigenvalue weighted by Gasteiger charge is -2.26. The molecule has 1 atom stereocenters. The normalized spacial score (nSPS) is 16.6. The molecular weight excluding hydrogens is 522 g/mol. The van der Waals surface area contributed by atoms with Crippen molar-refractivity contribution >= 4 is 0 Å². The molecule has 0 aromatic heterocycles. The highest BCUT2D eigenvalue weighted by Crippen LogP contribution is 2.37. The molecule has 0 spiro atoms. The van der Waals surface area contributed by atoms with Crippen LogP contribution in [-0.4, -0.2) is 13.2 Å². The van der Waals surface area contributed by atoms with Crippen LogP contribution in [0.5, 0.6) is 0 Å². The topological polar surface area (TPSA) is 9.23 Å². The van der Waals surface area contributed by atoms with E-state index in [0.29, 0.717) is 23.5 Å². The van der Waals surface area contributed by atoms with Gasteiger partial charge in [0.05, 0.1) is 0 Å². The van der Waals surface area contributed by atoms with E-state index >= 15 is 8.78 Å². The molecule has 0 bridgehead atoms. The predicted molar refractivity (Wildman–Crippen MR) is 174 cm³/mol. The van der Waals surface area contributed by atoms with E-state index in [1.54, 1.807) is 0 Å². The number of aryl methyl sites for hydroxylation is 2. The van der Waals surface area contributed by atoms with Crippen LogP contribution in [0.15, 0.2) is 30.3 Å². The van der Waals surface area contributed by atoms with Crippen molar-refractivity contribution in [1.29, 1.82) is 0 Å². The van der Waals surface area contributed by atoms with Gasteiger partial charge < -0.3 is 4.74 Å². The Hall–Kier alpha value is -1.74. The van der Waals surface area contributed by atoms with Crippen LogP contribution in [0.2, 0.25) is 0 Å². The third kappa shape index (κ3) is 11.4. The Bertz CT molecular complexity index is 1030. The van der Waals surface area contributed by atoms with Crippen LogP contribution in [0.1, 0.15) is 146 Å². The van der Waals surface area contributed by atoms with Crippen LogP contribution in [0.25, 0.3) is 11.1 Å². The first-order chi connectivity index (χ1) is 20.7. The van der Waals surface area contributed by atoms with Gasteiger partial charge in [0.25, 0.3) is 0 Å². The standard InChI is InChI=1S/C39H58F2O/c1-2-3-4-14-27-42-28-15-10-13-17-32-21-24-34(25-22-32)37-30-35-26-23-33(29-36(35)38(40)39(37)41)18-12-9-7-5-6-8-11-16-31-19-20-31/h21-22,24-25,30-31,33H,2-20,23,26-29H2,1H3. The Morgan fingerprint density at radius 1 is 0.667 bits per heavy atom. The summed E-state index contributed by atoms with van der Waals surface area (Å²) in [6.45, 7) is 3.98. The predicted octanol–water partition coefficient (Wildman–Crippen LogP) is 12.0. The Morgan fingerprint density at radius 3 is 1.95 bits per heavy atom. The molecular formula is C39H58F2O. The van der Waals surface area contributed by atoms with Crippen molar-refractivity contribution in [3.05, 3.63) is 58.7 Å². The van der Waals surface area contributed by atoms with Gasteiger partial charge in [-0.2, -0.15) is 0 Å². The molecule has 2 aromatic rings. The van der Waals surface area contributed by atoms with E-state index in [1.807, 2.05) is 18.2 Å². The molecule has 0 saturated heterocycles. The number of hydrogen-bond donors (Lipinski definition) is 0. The second-order valence-electron chi connectivity index (χ2n) is 13.5. The molecule has 0 heterocycles. The lowest BCUT2D eigenvalue weighted by molar-refractivity contribution is 0.126. The molecule has 0 aliphatic heterocycles. The number of hydrogen-bond acceptors (Lipinski definition) is 1. The van der Waals surface area contributed by atoms with Crippen LogP contribution in [0.4, 0.5) is 8.78 Å². The summed E-state index contributed by atoms with van der Waals surface area (Å²) in [5, 5.41) is 0. The second-order valence-corrected chi connectivity index (χ2v) is 13.5. The summed E-state index contributed by atoms with van der Waals surface area (Å²) in [4.78, 5) is 0. The van der Waals surface area contributed by atoms with Crippen molar-refractivity contribution in [2.75, 3.05) is 13.2 Å². The van der Waals surface area contributed by atoms with Crippen molar-refractivity contribution in [3.8, 4) is 11.1 Å². The lowest BCUT2D eigenvalue weighted by Crippen LogP contribution is -2.17. The number of rotatable bonds is 22. The molecule has 0 N–H and O–H groups in total. The van der Waals surface area contributed by atoms with Gasteiger partial charge >= 0.3 is 0 Å². The van der Waals surface area contributed by atoms with Gasteiger partial charge in [0.2, 0.25) is 0 Å². The molecule has 234 valence electrons. The van der Waals surface area contributed by atoms with Crippen molar-refractivity contribution < 1.29 is 13.5 Å². The Labute approximate surface area is 256 Å². The fourth-order valence-electron chi connectivity index (χ4n) is 6.82. The van der Waals surface area contributed by atoms with Crippen LogP contribution >= 0.6 is 0 Å². The minimum atomic E-state index is -0.668. The number of ether oxygens (including phenoxy) is 1. The molecule has 1 fully saturated rings. The summed E-state index contributed by atoms with van der Waals surface area (Å²) in [6.07, 6.45) is 27.1. The van der Waals surface area contributed by atoms with Gasteiger partial charge in [-0.1, -0.05) is 128 Å². The van der Waals surface area contributed by atoms with Crippen molar-refractivity contribution in [1.82, 2.24) is 0 Å². The van der Waals surface area contributed by atoms with E-state index in [-0.39, 0.29) is 0 Å². The summed E-state index contributed by atoms with van der Waals surface area (Å²) in [5.74, 6) is 0.295. The van der Waals surface area contributed by atoms with Gasteiger partial charge in [-0.15, -0.1) is 0 Å². The van der Waals surface area contributed by atoms with E-state index in [1.165, 1.54) is 95.5 Å². The van der Waals surface area contributed by atoms with E-state index in [4.69, 9.17) is 4.74 Å². The summed E-state index contributed by atoms with van der Waals surface area (Å²) < 4.78 is 36.3. The van der Waals surface area contributed by atoms with Crippen LogP contribution in [0.3, 0.4) is 0 Å². The van der Waals surface area contributed by atoms with E-state index in [9.17, 15) is 0 Å². The SMILES string of the molecule is CCCCCCOCCCCCc1ccc(-c2cc3c(c(F)c2F)CC(CCCCCCCCCC2CC2)CC3)cc1. The molecule has 4 rings (SSSR count). The zero-order valence-electron chi connectivity index (χ0n) is 26.7. The molecule has 42 heavy (non-hydrogen) atoms. The maximum absolute atomic E-state index is 15.3. The summed E-state index contributed by atoms with van der Waals surface area (Å²) in [6, 6.07) is 10.0. The van der Waals surface area contributed by atoms with Gasteiger partial charge in [0, 0.05) is 18.8 Å². The quantitative estimate of drug-likeness (QED) is 0.126. The third-order valence-corrected chi connectivity index (χ3v) is 9.80. The van der Waals surface area contributed by atoms with E-state index < -0.39 is 11.6 Å². The molecule has 2 aliphatic carbocycles. The largest absolute Gasteiger partial charge is 0.381 e. The Kier molecular flexibility index (Phi) is 14.9. The zero-order chi connectivity index (χ0) is 29.4. The first-order valence-electron chi connectivity index (χ1n) is 17.8. The first kappa shape index (κ1) is 33.2. The smallest absolute Gasteiger partial charge is 0.166 e. The molecule has 0 amide bonds. The van der Waals surface area contributed by atoms with Crippen LogP contribution in [0, 0.1) is 23.5 Å². The van der Waals surface area contributed by atoms with Crippen LogP contribution in [-0.2, 0) is 24.0 Å². The Balaban J connectivity index is 1.14. The summed E-state index contributed by atoms with van der Waals surface area (Å²) >= 11 is 0. The molecule has 1 saturated carbocycles. The van der Waals surface area contributed by atoms with Gasteiger partial charge in [-0.25, -0.2) is 8.78 Å². The minimum absolute atomic E-state index is 0.421. The first-order valence-corrected chi connectivity index (χ1v) is 17.8. The zero-order valence-corrected chi connectivity index (χ0v) is 26.7. The van der Waals surface area contributed by atoms with Crippen molar-refractivity contribution in [3.63, 3.8) is 0 Å². The summed E-state index contributed by atoms with van der Waals surface area (Å²) in [5.41, 5.74) is 4.12. The average molecular weight is 581 g/mol. The van der Waals surface area contributed by atoms with Crippen molar-refractivity contribution in [2.24, 2.45) is 11.8 Å². The number of unbranched alkanes of at least 4 members (excludes halogenated alkanes) is 11. The second kappa shape index (κ2) is 18.8. The summed E-state index contributed by atoms with van der Waals surface area (Å²) in [7, 11) is 0. The Morgan fingerprint density at radius 2 is 1.29 bits per heavy atom. The van der Waals surface area contributed by atoms with Gasteiger partial charge in [-0.3, -0.25) is 0 Å². The lowest BCUT2D eigenvalue weighted by atomic mass is 9.80. The highest BCUT2D eigenvalue weighted by atomic mass is 19.2. The molecule has 2 aromatic carbocycles. The highest BCUT2D eigenvalue weighted by molar-refractivity contribution is 5.66. The fourth-order valence-corrected chi connectivity index (χ4v) is 6.82. The van der Waals surface area contributed by atoms with Crippen LogP contribution < -0.4 is 0 Å². The number of benzene rings is 2. The monoisotopic (exact) mass is 580 g/mol. The molecule has 1 unspecified atom stereocenters. The fraction of sp³-hybridized carbons (Fsp3) is 0.692. The third-order valence-electron chi connectivity index (χ3n) is 9.80. The molecule has 1 nitrogen and oxygen atoms in total. The van der Waals surface area contributed by atoms with E-state index in [0.717, 1.165) is 75.2 Å². The number of fused-ring (bicyclic) bond motifs is 1.